The van der Waals surface area contributed by atoms with Gasteiger partial charge in [-0.1, -0.05) is 0 Å². The van der Waals surface area contributed by atoms with Gasteiger partial charge in [-0.05, 0) is 49.4 Å². The quantitative estimate of drug-likeness (QED) is 0.883. The lowest BCUT2D eigenvalue weighted by molar-refractivity contribution is 0.564. The van der Waals surface area contributed by atoms with E-state index < -0.39 is 26.6 Å². The fourth-order valence-electron chi connectivity index (χ4n) is 1.94. The summed E-state index contributed by atoms with van der Waals surface area (Å²) in [6, 6.07) is 8.32. The van der Waals surface area contributed by atoms with Crippen molar-refractivity contribution in [2.75, 3.05) is 16.6 Å². The lowest BCUT2D eigenvalue weighted by atomic mass is 10.3. The maximum atomic E-state index is 13.9. The summed E-state index contributed by atoms with van der Waals surface area (Å²) in [7, 11) is -4.08. The largest absolute Gasteiger partial charge is 0.399 e. The van der Waals surface area contributed by atoms with E-state index in [1.807, 2.05) is 0 Å². The number of anilines is 2. The second-order valence-corrected chi connectivity index (χ2v) is 6.17. The summed E-state index contributed by atoms with van der Waals surface area (Å²) in [4.78, 5) is -0.470. The van der Waals surface area contributed by atoms with Crippen molar-refractivity contribution in [3.8, 4) is 0 Å². The van der Waals surface area contributed by atoms with Gasteiger partial charge in [0.2, 0.25) is 0 Å². The van der Waals surface area contributed by atoms with Crippen molar-refractivity contribution in [1.82, 2.24) is 0 Å². The molecular weight excluding hydrogens is 298 g/mol. The first-order chi connectivity index (χ1) is 9.86. The first-order valence-corrected chi connectivity index (χ1v) is 7.63. The van der Waals surface area contributed by atoms with E-state index in [2.05, 4.69) is 0 Å². The van der Waals surface area contributed by atoms with E-state index in [0.29, 0.717) is 0 Å². The van der Waals surface area contributed by atoms with E-state index in [4.69, 9.17) is 5.73 Å². The Bertz CT molecular complexity index is 746. The number of hydrogen-bond acceptors (Lipinski definition) is 3. The monoisotopic (exact) mass is 312 g/mol. The van der Waals surface area contributed by atoms with Gasteiger partial charge in [0, 0.05) is 12.2 Å². The van der Waals surface area contributed by atoms with Crippen LogP contribution in [0.25, 0.3) is 0 Å². The van der Waals surface area contributed by atoms with Crippen LogP contribution in [0.2, 0.25) is 0 Å². The van der Waals surface area contributed by atoms with E-state index in [1.165, 1.54) is 18.2 Å². The van der Waals surface area contributed by atoms with Gasteiger partial charge in [-0.2, -0.15) is 0 Å². The summed E-state index contributed by atoms with van der Waals surface area (Å²) in [5.41, 5.74) is 5.81. The topological polar surface area (TPSA) is 63.4 Å². The Labute approximate surface area is 121 Å². The lowest BCUT2D eigenvalue weighted by Crippen LogP contribution is -2.31. The van der Waals surface area contributed by atoms with Gasteiger partial charge >= 0.3 is 0 Å². The lowest BCUT2D eigenvalue weighted by Gasteiger charge is -2.23. The van der Waals surface area contributed by atoms with E-state index in [1.54, 1.807) is 6.92 Å². The number of benzene rings is 2. The Morgan fingerprint density at radius 1 is 1.10 bits per heavy atom. The standard InChI is InChI=1S/C14H14F2N2O2S/c1-2-18(12-6-3-10(15)4-7-12)21(19,20)14-8-5-11(17)9-13(14)16/h3-9H,2,17H2,1H3. The molecule has 0 atom stereocenters. The Hall–Kier alpha value is -2.15. The Morgan fingerprint density at radius 3 is 2.24 bits per heavy atom. The molecule has 0 aliphatic carbocycles. The average Bonchev–Trinajstić information content (AvgIpc) is 2.41. The fraction of sp³-hybridized carbons (Fsp3) is 0.143. The number of rotatable bonds is 4. The molecule has 0 radical (unpaired) electrons. The molecule has 0 heterocycles. The summed E-state index contributed by atoms with van der Waals surface area (Å²) in [6.45, 7) is 1.69. The molecule has 0 unspecified atom stereocenters. The summed E-state index contributed by atoms with van der Waals surface area (Å²) >= 11 is 0. The van der Waals surface area contributed by atoms with Gasteiger partial charge < -0.3 is 5.73 Å². The van der Waals surface area contributed by atoms with Crippen molar-refractivity contribution in [2.24, 2.45) is 0 Å². The second-order valence-electron chi connectivity index (χ2n) is 4.34. The fourth-order valence-corrected chi connectivity index (χ4v) is 3.47. The average molecular weight is 312 g/mol. The van der Waals surface area contributed by atoms with Crippen LogP contribution in [0.5, 0.6) is 0 Å². The Morgan fingerprint density at radius 2 is 1.71 bits per heavy atom. The maximum absolute atomic E-state index is 13.9. The van der Waals surface area contributed by atoms with Gasteiger partial charge in [0.25, 0.3) is 10.0 Å². The highest BCUT2D eigenvalue weighted by Gasteiger charge is 2.26. The van der Waals surface area contributed by atoms with Gasteiger partial charge in [-0.15, -0.1) is 0 Å². The zero-order chi connectivity index (χ0) is 15.6. The molecule has 21 heavy (non-hydrogen) atoms. The van der Waals surface area contributed by atoms with Gasteiger partial charge in [0.15, 0.2) is 0 Å². The Kier molecular flexibility index (Phi) is 4.13. The predicted molar refractivity (Wildman–Crippen MR) is 77.4 cm³/mol. The minimum atomic E-state index is -4.08. The third-order valence-electron chi connectivity index (χ3n) is 2.93. The first kappa shape index (κ1) is 15.2. The summed E-state index contributed by atoms with van der Waals surface area (Å²) in [5.74, 6) is -1.40. The van der Waals surface area contributed by atoms with Crippen molar-refractivity contribution in [1.29, 1.82) is 0 Å². The van der Waals surface area contributed by atoms with Crippen LogP contribution >= 0.6 is 0 Å². The minimum Gasteiger partial charge on any atom is -0.399 e. The van der Waals surface area contributed by atoms with Crippen LogP contribution < -0.4 is 10.0 Å². The smallest absolute Gasteiger partial charge is 0.267 e. The molecule has 0 aromatic heterocycles. The number of halogens is 2. The van der Waals surface area contributed by atoms with E-state index in [9.17, 15) is 17.2 Å². The first-order valence-electron chi connectivity index (χ1n) is 6.19. The molecule has 2 aromatic rings. The number of sulfonamides is 1. The highest BCUT2D eigenvalue weighted by molar-refractivity contribution is 7.92. The molecule has 0 aliphatic rings. The molecule has 0 fully saturated rings. The molecule has 2 N–H and O–H groups in total. The van der Waals surface area contributed by atoms with E-state index >= 15 is 0 Å². The van der Waals surface area contributed by atoms with Gasteiger partial charge in [-0.3, -0.25) is 4.31 Å². The summed E-state index contributed by atoms with van der Waals surface area (Å²) in [5, 5.41) is 0. The van der Waals surface area contributed by atoms with Crippen molar-refractivity contribution < 1.29 is 17.2 Å². The highest BCUT2D eigenvalue weighted by Crippen LogP contribution is 2.26. The molecule has 112 valence electrons. The molecule has 4 nitrogen and oxygen atoms in total. The molecule has 0 amide bonds. The third kappa shape index (κ3) is 2.97. The normalized spacial score (nSPS) is 11.4. The van der Waals surface area contributed by atoms with E-state index in [0.717, 1.165) is 28.6 Å². The maximum Gasteiger partial charge on any atom is 0.267 e. The van der Waals surface area contributed by atoms with E-state index in [-0.39, 0.29) is 17.9 Å². The van der Waals surface area contributed by atoms with Crippen LogP contribution in [0.3, 0.4) is 0 Å². The summed E-state index contributed by atoms with van der Waals surface area (Å²) < 4.78 is 52.9. The van der Waals surface area contributed by atoms with Crippen LogP contribution in [0, 0.1) is 11.6 Å². The van der Waals surface area contributed by atoms with Crippen LogP contribution in [0.1, 0.15) is 6.92 Å². The second kappa shape index (κ2) is 5.69. The van der Waals surface area contributed by atoms with Gasteiger partial charge in [0.05, 0.1) is 5.69 Å². The van der Waals surface area contributed by atoms with Gasteiger partial charge in [-0.25, -0.2) is 17.2 Å². The highest BCUT2D eigenvalue weighted by atomic mass is 32.2. The van der Waals surface area contributed by atoms with Crippen molar-refractivity contribution in [3.63, 3.8) is 0 Å². The van der Waals surface area contributed by atoms with Crippen molar-refractivity contribution >= 4 is 21.4 Å². The molecular formula is C14H14F2N2O2S. The number of nitrogen functional groups attached to an aromatic ring is 1. The third-order valence-corrected chi connectivity index (χ3v) is 4.86. The zero-order valence-electron chi connectivity index (χ0n) is 11.3. The van der Waals surface area contributed by atoms with Crippen molar-refractivity contribution in [3.05, 3.63) is 54.1 Å². The molecule has 0 saturated heterocycles. The zero-order valence-corrected chi connectivity index (χ0v) is 12.1. The van der Waals surface area contributed by atoms with Crippen LogP contribution in [-0.2, 0) is 10.0 Å². The molecule has 0 saturated carbocycles. The molecule has 0 aliphatic heterocycles. The Balaban J connectivity index is 2.51. The van der Waals surface area contributed by atoms with Crippen LogP contribution in [0.15, 0.2) is 47.4 Å². The molecule has 7 heteroatoms. The SMILES string of the molecule is CCN(c1ccc(F)cc1)S(=O)(=O)c1ccc(N)cc1F. The number of hydrogen-bond donors (Lipinski definition) is 1. The molecule has 0 spiro atoms. The van der Waals surface area contributed by atoms with Gasteiger partial charge in [0.1, 0.15) is 16.5 Å². The minimum absolute atomic E-state index is 0.0811. The number of nitrogens with two attached hydrogens (primary N) is 1. The van der Waals surface area contributed by atoms with Crippen LogP contribution in [-0.4, -0.2) is 15.0 Å². The number of nitrogens with zero attached hydrogens (tertiary/aromatic N) is 1. The molecule has 2 rings (SSSR count). The van der Waals surface area contributed by atoms with Crippen LogP contribution in [0.4, 0.5) is 20.2 Å². The van der Waals surface area contributed by atoms with Crippen molar-refractivity contribution in [2.45, 2.75) is 11.8 Å². The molecule has 2 aromatic carbocycles. The predicted octanol–water partition coefficient (Wildman–Crippen LogP) is 2.76. The summed E-state index contributed by atoms with van der Waals surface area (Å²) in [6.07, 6.45) is 0. The molecule has 0 bridgehead atoms.